The molecule has 6 nitrogen and oxygen atoms in total. The van der Waals surface area contributed by atoms with Gasteiger partial charge in [0.2, 0.25) is 5.76 Å². The maximum atomic E-state index is 13.8. The van der Waals surface area contributed by atoms with Crippen LogP contribution in [-0.4, -0.2) is 11.1 Å². The van der Waals surface area contributed by atoms with Crippen LogP contribution in [0.5, 0.6) is 0 Å². The summed E-state index contributed by atoms with van der Waals surface area (Å²) in [6.45, 7) is 1.69. The summed E-state index contributed by atoms with van der Waals surface area (Å²) in [4.78, 5) is 27.9. The standard InChI is InChI=1S/C21H12ClFN2O4/c1-10-7-16(24-29-10)25-18(11-3-2-4-12(22)8-11)17-19(26)14-9-13(23)5-6-15(14)28-20(17)21(25)27/h2-9,18H,1H3/t18-/m1/s1. The van der Waals surface area contributed by atoms with E-state index in [4.69, 9.17) is 20.5 Å². The molecule has 0 bridgehead atoms. The number of fused-ring (bicyclic) bond motifs is 2. The molecule has 0 saturated heterocycles. The van der Waals surface area contributed by atoms with Gasteiger partial charge < -0.3 is 8.94 Å². The maximum Gasteiger partial charge on any atom is 0.296 e. The van der Waals surface area contributed by atoms with Gasteiger partial charge in [0.25, 0.3) is 5.91 Å². The summed E-state index contributed by atoms with van der Waals surface area (Å²) in [5, 5.41) is 4.43. The molecule has 3 heterocycles. The smallest absolute Gasteiger partial charge is 0.296 e. The summed E-state index contributed by atoms with van der Waals surface area (Å²) < 4.78 is 24.6. The fourth-order valence-corrected chi connectivity index (χ4v) is 3.84. The topological polar surface area (TPSA) is 76.6 Å². The molecule has 5 rings (SSSR count). The van der Waals surface area contributed by atoms with E-state index in [2.05, 4.69) is 5.16 Å². The predicted octanol–water partition coefficient (Wildman–Crippen LogP) is 4.63. The molecule has 8 heteroatoms. The van der Waals surface area contributed by atoms with Crippen LogP contribution in [0.3, 0.4) is 0 Å². The maximum absolute atomic E-state index is 13.8. The lowest BCUT2D eigenvalue weighted by Crippen LogP contribution is -2.29. The van der Waals surface area contributed by atoms with Crippen LogP contribution >= 0.6 is 11.6 Å². The van der Waals surface area contributed by atoms with Crippen LogP contribution in [0, 0.1) is 12.7 Å². The molecule has 0 aliphatic carbocycles. The Kier molecular flexibility index (Phi) is 3.82. The van der Waals surface area contributed by atoms with Gasteiger partial charge in [-0.05, 0) is 42.8 Å². The highest BCUT2D eigenvalue weighted by Gasteiger charge is 2.45. The first kappa shape index (κ1) is 17.6. The van der Waals surface area contributed by atoms with Gasteiger partial charge in [-0.25, -0.2) is 4.39 Å². The molecule has 29 heavy (non-hydrogen) atoms. The van der Waals surface area contributed by atoms with Crippen LogP contribution < -0.4 is 10.3 Å². The highest BCUT2D eigenvalue weighted by Crippen LogP contribution is 2.41. The number of anilines is 1. The third kappa shape index (κ3) is 2.66. The van der Waals surface area contributed by atoms with Crippen LogP contribution in [0.25, 0.3) is 11.0 Å². The zero-order valence-electron chi connectivity index (χ0n) is 15.0. The van der Waals surface area contributed by atoms with Crippen LogP contribution in [0.2, 0.25) is 5.02 Å². The molecule has 1 aliphatic rings. The summed E-state index contributed by atoms with van der Waals surface area (Å²) in [5.74, 6) is -0.489. The van der Waals surface area contributed by atoms with Gasteiger partial charge in [0.1, 0.15) is 17.2 Å². The number of aryl methyl sites for hydroxylation is 1. The van der Waals surface area contributed by atoms with E-state index in [1.807, 2.05) is 0 Å². The molecule has 0 fully saturated rings. The number of halogens is 2. The molecule has 2 aromatic heterocycles. The van der Waals surface area contributed by atoms with Crippen molar-refractivity contribution in [1.29, 1.82) is 0 Å². The third-order valence-corrected chi connectivity index (χ3v) is 5.09. The first-order valence-electron chi connectivity index (χ1n) is 8.72. The Bertz CT molecular complexity index is 1360. The SMILES string of the molecule is Cc1cc(N2C(=O)c3oc4ccc(F)cc4c(=O)c3[C@H]2c2cccc(Cl)c2)no1. The van der Waals surface area contributed by atoms with Crippen molar-refractivity contribution in [3.63, 3.8) is 0 Å². The summed E-state index contributed by atoms with van der Waals surface area (Å²) >= 11 is 6.15. The second kappa shape index (κ2) is 6.28. The molecule has 0 unspecified atom stereocenters. The van der Waals surface area contributed by atoms with Crippen molar-refractivity contribution in [2.75, 3.05) is 4.90 Å². The van der Waals surface area contributed by atoms with Crippen molar-refractivity contribution in [2.45, 2.75) is 13.0 Å². The number of aromatic nitrogens is 1. The minimum Gasteiger partial charge on any atom is -0.450 e. The van der Waals surface area contributed by atoms with E-state index in [-0.39, 0.29) is 28.1 Å². The predicted molar refractivity (Wildman–Crippen MR) is 104 cm³/mol. The van der Waals surface area contributed by atoms with E-state index in [9.17, 15) is 14.0 Å². The molecule has 1 amide bonds. The summed E-state index contributed by atoms with van der Waals surface area (Å²) in [5.41, 5.74) is 0.345. The normalized spacial score (nSPS) is 15.9. The Labute approximate surface area is 168 Å². The lowest BCUT2D eigenvalue weighted by Gasteiger charge is -2.22. The van der Waals surface area contributed by atoms with Crippen LogP contribution in [-0.2, 0) is 0 Å². The fraction of sp³-hybridized carbons (Fsp3) is 0.0952. The number of rotatable bonds is 2. The zero-order chi connectivity index (χ0) is 20.3. The molecular formula is C21H12ClFN2O4. The van der Waals surface area contributed by atoms with Crippen molar-refractivity contribution in [3.8, 4) is 0 Å². The highest BCUT2D eigenvalue weighted by atomic mass is 35.5. The Balaban J connectivity index is 1.84. The highest BCUT2D eigenvalue weighted by molar-refractivity contribution is 6.30. The number of hydrogen-bond acceptors (Lipinski definition) is 5. The Morgan fingerprint density at radius 2 is 1.97 bits per heavy atom. The molecule has 0 saturated carbocycles. The number of nitrogens with zero attached hydrogens (tertiary/aromatic N) is 2. The van der Waals surface area contributed by atoms with Gasteiger partial charge in [0, 0.05) is 11.1 Å². The monoisotopic (exact) mass is 410 g/mol. The van der Waals surface area contributed by atoms with Crippen molar-refractivity contribution < 1.29 is 18.1 Å². The molecule has 0 spiro atoms. The van der Waals surface area contributed by atoms with E-state index in [0.29, 0.717) is 16.3 Å². The van der Waals surface area contributed by atoms with Gasteiger partial charge in [0.15, 0.2) is 11.2 Å². The van der Waals surface area contributed by atoms with Crippen LogP contribution in [0.1, 0.15) is 33.5 Å². The van der Waals surface area contributed by atoms with Crippen molar-refractivity contribution in [3.05, 3.63) is 92.2 Å². The molecule has 144 valence electrons. The Morgan fingerprint density at radius 3 is 2.69 bits per heavy atom. The van der Waals surface area contributed by atoms with E-state index in [1.54, 1.807) is 37.3 Å². The van der Waals surface area contributed by atoms with E-state index >= 15 is 0 Å². The Morgan fingerprint density at radius 1 is 1.14 bits per heavy atom. The van der Waals surface area contributed by atoms with E-state index in [1.165, 1.54) is 17.0 Å². The largest absolute Gasteiger partial charge is 0.450 e. The first-order valence-corrected chi connectivity index (χ1v) is 9.10. The average molecular weight is 411 g/mol. The van der Waals surface area contributed by atoms with Crippen LogP contribution in [0.15, 0.2) is 62.3 Å². The first-order chi connectivity index (χ1) is 13.9. The van der Waals surface area contributed by atoms with E-state index in [0.717, 1.165) is 6.07 Å². The minimum atomic E-state index is -0.843. The average Bonchev–Trinajstić information content (AvgIpc) is 3.24. The zero-order valence-corrected chi connectivity index (χ0v) is 15.7. The second-order valence-corrected chi connectivity index (χ2v) is 7.18. The molecule has 4 aromatic rings. The molecule has 0 N–H and O–H groups in total. The Hall–Kier alpha value is -3.45. The van der Waals surface area contributed by atoms with Gasteiger partial charge in [-0.15, -0.1) is 0 Å². The number of amides is 1. The molecule has 0 radical (unpaired) electrons. The summed E-state index contributed by atoms with van der Waals surface area (Å²) in [6.07, 6.45) is 0. The minimum absolute atomic E-state index is 0.0572. The van der Waals surface area contributed by atoms with Gasteiger partial charge >= 0.3 is 0 Å². The second-order valence-electron chi connectivity index (χ2n) is 6.74. The van der Waals surface area contributed by atoms with Crippen molar-refractivity contribution in [1.82, 2.24) is 5.16 Å². The van der Waals surface area contributed by atoms with E-state index < -0.39 is 23.2 Å². The van der Waals surface area contributed by atoms with Gasteiger partial charge in [-0.3, -0.25) is 14.5 Å². The number of carbonyl (C=O) groups is 1. The summed E-state index contributed by atoms with van der Waals surface area (Å²) in [6, 6.07) is 11.2. The number of carbonyl (C=O) groups excluding carboxylic acids is 1. The lowest BCUT2D eigenvalue weighted by atomic mass is 9.98. The lowest BCUT2D eigenvalue weighted by molar-refractivity contribution is 0.0969. The summed E-state index contributed by atoms with van der Waals surface area (Å²) in [7, 11) is 0. The van der Waals surface area contributed by atoms with Gasteiger partial charge in [0.05, 0.1) is 17.0 Å². The van der Waals surface area contributed by atoms with Gasteiger partial charge in [-0.1, -0.05) is 28.9 Å². The number of benzene rings is 2. The van der Waals surface area contributed by atoms with Crippen LogP contribution in [0.4, 0.5) is 10.2 Å². The van der Waals surface area contributed by atoms with Crippen molar-refractivity contribution >= 4 is 34.3 Å². The number of hydrogen-bond donors (Lipinski definition) is 0. The molecule has 2 aromatic carbocycles. The van der Waals surface area contributed by atoms with Gasteiger partial charge in [-0.2, -0.15) is 0 Å². The molecule has 1 atom stereocenters. The van der Waals surface area contributed by atoms with Crippen molar-refractivity contribution in [2.24, 2.45) is 0 Å². The molecule has 1 aliphatic heterocycles. The third-order valence-electron chi connectivity index (χ3n) is 4.86. The fourth-order valence-electron chi connectivity index (χ4n) is 3.64. The molecular weight excluding hydrogens is 399 g/mol. The quantitative estimate of drug-likeness (QED) is 0.481.